The van der Waals surface area contributed by atoms with Crippen molar-refractivity contribution in [2.45, 2.75) is 19.4 Å². The van der Waals surface area contributed by atoms with E-state index in [-0.39, 0.29) is 30.5 Å². The minimum Gasteiger partial charge on any atom is -0.339 e. The van der Waals surface area contributed by atoms with Crippen molar-refractivity contribution < 1.29 is 13.2 Å². The Kier molecular flexibility index (Phi) is 3.49. The molecule has 0 aromatic carbocycles. The maximum atomic E-state index is 11.5. The van der Waals surface area contributed by atoms with Crippen molar-refractivity contribution >= 4 is 15.7 Å². The molecule has 0 radical (unpaired) electrons. The van der Waals surface area contributed by atoms with E-state index in [1.54, 1.807) is 0 Å². The molecular weight excluding hydrogens is 204 g/mol. The van der Waals surface area contributed by atoms with Gasteiger partial charge < -0.3 is 10.6 Å². The summed E-state index contributed by atoms with van der Waals surface area (Å²) in [6.45, 7) is 2.41. The lowest BCUT2D eigenvalue weighted by Gasteiger charge is -2.28. The summed E-state index contributed by atoms with van der Waals surface area (Å²) in [5.41, 5.74) is 5.57. The van der Waals surface area contributed by atoms with E-state index in [9.17, 15) is 13.2 Å². The fourth-order valence-corrected chi connectivity index (χ4v) is 2.54. The standard InChI is InChI=1S/C8H16N2O3S/c1-2-7(9)8(11)10-3-5-14(12,13)6-4-10/h7H,2-6,9H2,1H3. The Morgan fingerprint density at radius 1 is 1.43 bits per heavy atom. The second-order valence-electron chi connectivity index (χ2n) is 3.49. The highest BCUT2D eigenvalue weighted by molar-refractivity contribution is 7.91. The lowest BCUT2D eigenvalue weighted by molar-refractivity contribution is -0.132. The second-order valence-corrected chi connectivity index (χ2v) is 5.80. The van der Waals surface area contributed by atoms with Crippen LogP contribution < -0.4 is 5.73 Å². The maximum absolute atomic E-state index is 11.5. The first-order valence-corrected chi connectivity index (χ1v) is 6.53. The van der Waals surface area contributed by atoms with Crippen LogP contribution in [0.1, 0.15) is 13.3 Å². The van der Waals surface area contributed by atoms with Gasteiger partial charge in [-0.15, -0.1) is 0 Å². The van der Waals surface area contributed by atoms with Crippen LogP contribution in [0, 0.1) is 0 Å². The van der Waals surface area contributed by atoms with Gasteiger partial charge in [0.05, 0.1) is 17.5 Å². The summed E-state index contributed by atoms with van der Waals surface area (Å²) in [6.07, 6.45) is 0.585. The van der Waals surface area contributed by atoms with Crippen molar-refractivity contribution in [1.29, 1.82) is 0 Å². The molecule has 0 aromatic rings. The van der Waals surface area contributed by atoms with E-state index in [1.807, 2.05) is 6.92 Å². The van der Waals surface area contributed by atoms with E-state index in [1.165, 1.54) is 4.90 Å². The third-order valence-corrected chi connectivity index (χ3v) is 4.02. The fourth-order valence-electron chi connectivity index (χ4n) is 1.34. The minimum absolute atomic E-state index is 0.0647. The average molecular weight is 220 g/mol. The molecule has 0 aliphatic carbocycles. The van der Waals surface area contributed by atoms with Gasteiger partial charge in [0.25, 0.3) is 0 Å². The number of sulfone groups is 1. The monoisotopic (exact) mass is 220 g/mol. The molecule has 1 amide bonds. The molecule has 6 heteroatoms. The molecule has 1 aliphatic heterocycles. The minimum atomic E-state index is -2.92. The smallest absolute Gasteiger partial charge is 0.239 e. The number of nitrogens with two attached hydrogens (primary N) is 1. The molecule has 1 atom stereocenters. The number of hydrogen-bond acceptors (Lipinski definition) is 4. The lowest BCUT2D eigenvalue weighted by atomic mass is 10.2. The Hall–Kier alpha value is -0.620. The first kappa shape index (κ1) is 11.5. The Balaban J connectivity index is 2.54. The summed E-state index contributed by atoms with van der Waals surface area (Å²) in [5, 5.41) is 0. The van der Waals surface area contributed by atoms with E-state index < -0.39 is 15.9 Å². The van der Waals surface area contributed by atoms with Crippen molar-refractivity contribution in [2.24, 2.45) is 5.73 Å². The predicted octanol–water partition coefficient (Wildman–Crippen LogP) is -1.02. The van der Waals surface area contributed by atoms with Gasteiger partial charge in [0.2, 0.25) is 5.91 Å². The Bertz CT molecular complexity index is 299. The summed E-state index contributed by atoms with van der Waals surface area (Å²) in [7, 11) is -2.92. The third kappa shape index (κ3) is 2.68. The highest BCUT2D eigenvalue weighted by Crippen LogP contribution is 2.05. The molecule has 1 fully saturated rings. The maximum Gasteiger partial charge on any atom is 0.239 e. The highest BCUT2D eigenvalue weighted by atomic mass is 32.2. The predicted molar refractivity (Wildman–Crippen MR) is 53.5 cm³/mol. The molecule has 14 heavy (non-hydrogen) atoms. The quantitative estimate of drug-likeness (QED) is 0.646. The zero-order valence-corrected chi connectivity index (χ0v) is 9.09. The van der Waals surface area contributed by atoms with Gasteiger partial charge in [-0.25, -0.2) is 8.42 Å². The fraction of sp³-hybridized carbons (Fsp3) is 0.875. The highest BCUT2D eigenvalue weighted by Gasteiger charge is 2.27. The molecule has 1 aliphatic rings. The summed E-state index contributed by atoms with van der Waals surface area (Å²) in [4.78, 5) is 13.1. The van der Waals surface area contributed by atoms with Crippen molar-refractivity contribution in [3.05, 3.63) is 0 Å². The molecule has 1 heterocycles. The van der Waals surface area contributed by atoms with Crippen LogP contribution in [0.5, 0.6) is 0 Å². The van der Waals surface area contributed by atoms with Gasteiger partial charge in [0.1, 0.15) is 0 Å². The number of rotatable bonds is 2. The molecular formula is C8H16N2O3S. The van der Waals surface area contributed by atoms with Gasteiger partial charge in [-0.3, -0.25) is 4.79 Å². The summed E-state index contributed by atoms with van der Waals surface area (Å²) < 4.78 is 22.2. The SMILES string of the molecule is CCC(N)C(=O)N1CCS(=O)(=O)CC1. The van der Waals surface area contributed by atoms with E-state index >= 15 is 0 Å². The summed E-state index contributed by atoms with van der Waals surface area (Å²) in [5.74, 6) is -0.00735. The van der Waals surface area contributed by atoms with E-state index in [4.69, 9.17) is 5.73 Å². The molecule has 0 aromatic heterocycles. The number of hydrogen-bond donors (Lipinski definition) is 1. The molecule has 5 nitrogen and oxygen atoms in total. The van der Waals surface area contributed by atoms with Crippen molar-refractivity contribution in [2.75, 3.05) is 24.6 Å². The Morgan fingerprint density at radius 3 is 2.36 bits per heavy atom. The van der Waals surface area contributed by atoms with Gasteiger partial charge in [-0.05, 0) is 6.42 Å². The van der Waals surface area contributed by atoms with Crippen LogP contribution in [-0.2, 0) is 14.6 Å². The summed E-state index contributed by atoms with van der Waals surface area (Å²) in [6, 6.07) is -0.490. The topological polar surface area (TPSA) is 80.5 Å². The molecule has 2 N–H and O–H groups in total. The first-order chi connectivity index (χ1) is 6.46. The molecule has 0 bridgehead atoms. The van der Waals surface area contributed by atoms with Crippen LogP contribution in [-0.4, -0.2) is 49.9 Å². The molecule has 1 rings (SSSR count). The zero-order chi connectivity index (χ0) is 10.8. The van der Waals surface area contributed by atoms with Gasteiger partial charge in [-0.1, -0.05) is 6.92 Å². The van der Waals surface area contributed by atoms with Gasteiger partial charge in [-0.2, -0.15) is 0 Å². The number of carbonyl (C=O) groups is 1. The van der Waals surface area contributed by atoms with Crippen LogP contribution in [0.2, 0.25) is 0 Å². The Labute approximate surface area is 84.2 Å². The van der Waals surface area contributed by atoms with Crippen molar-refractivity contribution in [3.8, 4) is 0 Å². The molecule has 1 saturated heterocycles. The number of nitrogens with zero attached hydrogens (tertiary/aromatic N) is 1. The normalized spacial score (nSPS) is 23.1. The zero-order valence-electron chi connectivity index (χ0n) is 8.27. The van der Waals surface area contributed by atoms with Gasteiger partial charge in [0, 0.05) is 13.1 Å². The van der Waals surface area contributed by atoms with E-state index in [0.717, 1.165) is 0 Å². The van der Waals surface area contributed by atoms with Crippen molar-refractivity contribution in [3.63, 3.8) is 0 Å². The lowest BCUT2D eigenvalue weighted by Crippen LogP contribution is -2.49. The van der Waals surface area contributed by atoms with Gasteiger partial charge >= 0.3 is 0 Å². The number of amides is 1. The Morgan fingerprint density at radius 2 is 1.93 bits per heavy atom. The first-order valence-electron chi connectivity index (χ1n) is 4.71. The second kappa shape index (κ2) is 4.27. The van der Waals surface area contributed by atoms with Crippen molar-refractivity contribution in [1.82, 2.24) is 4.90 Å². The van der Waals surface area contributed by atoms with Crippen LogP contribution in [0.25, 0.3) is 0 Å². The molecule has 1 unspecified atom stereocenters. The largest absolute Gasteiger partial charge is 0.339 e. The average Bonchev–Trinajstić information content (AvgIpc) is 2.15. The van der Waals surface area contributed by atoms with Crippen LogP contribution in [0.3, 0.4) is 0 Å². The molecule has 0 saturated carbocycles. The van der Waals surface area contributed by atoms with E-state index in [2.05, 4.69) is 0 Å². The molecule has 82 valence electrons. The van der Waals surface area contributed by atoms with Gasteiger partial charge in [0.15, 0.2) is 9.84 Å². The number of carbonyl (C=O) groups excluding carboxylic acids is 1. The van der Waals surface area contributed by atoms with Crippen LogP contribution in [0.15, 0.2) is 0 Å². The van der Waals surface area contributed by atoms with Crippen LogP contribution in [0.4, 0.5) is 0 Å². The molecule has 0 spiro atoms. The third-order valence-electron chi connectivity index (χ3n) is 2.41. The van der Waals surface area contributed by atoms with E-state index in [0.29, 0.717) is 6.42 Å². The van der Waals surface area contributed by atoms with Crippen LogP contribution >= 0.6 is 0 Å². The summed E-state index contributed by atoms with van der Waals surface area (Å²) >= 11 is 0.